The van der Waals surface area contributed by atoms with Gasteiger partial charge in [0.1, 0.15) is 16.5 Å². The van der Waals surface area contributed by atoms with Crippen LogP contribution in [0.1, 0.15) is 11.1 Å². The molecule has 0 bridgehead atoms. The molecule has 136 valence electrons. The predicted octanol–water partition coefficient (Wildman–Crippen LogP) is 4.43. The van der Waals surface area contributed by atoms with Crippen molar-refractivity contribution in [3.8, 4) is 11.5 Å². The maximum Gasteiger partial charge on any atom is 0.416 e. The number of alkyl halides is 3. The molecular formula is C17H13F3N2O3S. The Kier molecular flexibility index (Phi) is 4.73. The van der Waals surface area contributed by atoms with Gasteiger partial charge in [-0.15, -0.1) is 0 Å². The molecule has 9 heteroatoms. The highest BCUT2D eigenvalue weighted by atomic mass is 32.1. The van der Waals surface area contributed by atoms with Gasteiger partial charge < -0.3 is 20.5 Å². The molecule has 1 amide bonds. The van der Waals surface area contributed by atoms with E-state index in [1.807, 2.05) is 0 Å². The van der Waals surface area contributed by atoms with Crippen LogP contribution in [-0.4, -0.2) is 22.2 Å². The summed E-state index contributed by atoms with van der Waals surface area (Å²) in [7, 11) is 0. The molecule has 0 saturated heterocycles. The number of fused-ring (bicyclic) bond motifs is 1. The van der Waals surface area contributed by atoms with Crippen molar-refractivity contribution in [1.29, 1.82) is 0 Å². The molecule has 3 rings (SSSR count). The topological polar surface area (TPSA) is 70.6 Å². The number of nitrogens with one attached hydrogen (secondary N) is 2. The fourth-order valence-corrected chi connectivity index (χ4v) is 2.85. The number of anilines is 1. The van der Waals surface area contributed by atoms with E-state index < -0.39 is 23.9 Å². The van der Waals surface area contributed by atoms with Crippen LogP contribution >= 0.6 is 12.2 Å². The molecule has 0 saturated carbocycles. The summed E-state index contributed by atoms with van der Waals surface area (Å²) in [5, 5.41) is 14.1. The second-order valence-electron chi connectivity index (χ2n) is 5.64. The Bertz CT molecular complexity index is 871. The molecule has 0 fully saturated rings. The fraction of sp³-hybridized carbons (Fsp3) is 0.176. The van der Waals surface area contributed by atoms with E-state index in [-0.39, 0.29) is 5.75 Å². The van der Waals surface area contributed by atoms with Crippen LogP contribution in [0, 0.1) is 0 Å². The minimum Gasteiger partial charge on any atom is -0.465 e. The zero-order valence-electron chi connectivity index (χ0n) is 13.1. The summed E-state index contributed by atoms with van der Waals surface area (Å²) in [4.78, 5) is 11.2. The van der Waals surface area contributed by atoms with Crippen molar-refractivity contribution in [1.82, 2.24) is 5.32 Å². The molecule has 26 heavy (non-hydrogen) atoms. The van der Waals surface area contributed by atoms with Gasteiger partial charge in [-0.2, -0.15) is 13.2 Å². The van der Waals surface area contributed by atoms with E-state index in [1.165, 1.54) is 12.1 Å². The molecule has 0 aromatic heterocycles. The number of halogens is 3. The van der Waals surface area contributed by atoms with Crippen LogP contribution in [0.25, 0.3) is 0 Å². The van der Waals surface area contributed by atoms with Gasteiger partial charge >= 0.3 is 12.3 Å². The van der Waals surface area contributed by atoms with E-state index in [9.17, 15) is 18.0 Å². The molecule has 1 aliphatic rings. The van der Waals surface area contributed by atoms with Crippen molar-refractivity contribution in [3.05, 3.63) is 53.6 Å². The summed E-state index contributed by atoms with van der Waals surface area (Å²) in [6.45, 7) is 0. The van der Waals surface area contributed by atoms with Gasteiger partial charge in [-0.3, -0.25) is 0 Å². The highest BCUT2D eigenvalue weighted by Crippen LogP contribution is 2.34. The Balaban J connectivity index is 1.82. The third kappa shape index (κ3) is 4.05. The lowest BCUT2D eigenvalue weighted by molar-refractivity contribution is -0.137. The standard InChI is InChI=1S/C17H13F3N2O3S/c18-17(19,20)10-2-1-3-11(8-10)25-12-4-5-13-9(6-12)7-14(15(26)21-13)22-16(23)24/h1-6,8,14,22H,7H2,(H,21,26)(H,23,24)/t14-/m0/s1. The lowest BCUT2D eigenvalue weighted by Gasteiger charge is -2.27. The highest BCUT2D eigenvalue weighted by molar-refractivity contribution is 7.80. The van der Waals surface area contributed by atoms with E-state index in [4.69, 9.17) is 22.1 Å². The normalized spacial score (nSPS) is 16.4. The Morgan fingerprint density at radius 1 is 1.23 bits per heavy atom. The van der Waals surface area contributed by atoms with E-state index >= 15 is 0 Å². The largest absolute Gasteiger partial charge is 0.465 e. The molecule has 2 aromatic rings. The van der Waals surface area contributed by atoms with Gasteiger partial charge in [0, 0.05) is 12.1 Å². The van der Waals surface area contributed by atoms with Crippen LogP contribution in [-0.2, 0) is 12.6 Å². The second kappa shape index (κ2) is 6.83. The minimum absolute atomic E-state index is 0.0549. The van der Waals surface area contributed by atoms with Gasteiger partial charge in [-0.05, 0) is 42.0 Å². The number of rotatable bonds is 3. The average molecular weight is 382 g/mol. The van der Waals surface area contributed by atoms with Gasteiger partial charge in [0.05, 0.1) is 11.6 Å². The number of hydrogen-bond acceptors (Lipinski definition) is 3. The summed E-state index contributed by atoms with van der Waals surface area (Å²) < 4.78 is 43.9. The van der Waals surface area contributed by atoms with Crippen LogP contribution < -0.4 is 15.4 Å². The van der Waals surface area contributed by atoms with E-state index in [1.54, 1.807) is 18.2 Å². The molecule has 5 nitrogen and oxygen atoms in total. The van der Waals surface area contributed by atoms with E-state index in [0.29, 0.717) is 22.8 Å². The quantitative estimate of drug-likeness (QED) is 0.685. The van der Waals surface area contributed by atoms with Gasteiger partial charge in [0.25, 0.3) is 0 Å². The first-order valence-corrected chi connectivity index (χ1v) is 7.91. The lowest BCUT2D eigenvalue weighted by atomic mass is 9.99. The number of carboxylic acid groups (broad SMARTS) is 1. The number of ether oxygens (including phenoxy) is 1. The van der Waals surface area contributed by atoms with Crippen molar-refractivity contribution in [2.75, 3.05) is 5.32 Å². The third-order valence-electron chi connectivity index (χ3n) is 3.77. The molecule has 3 N–H and O–H groups in total. The van der Waals surface area contributed by atoms with Crippen molar-refractivity contribution in [2.45, 2.75) is 18.6 Å². The number of amides is 1. The van der Waals surface area contributed by atoms with Crippen molar-refractivity contribution in [3.63, 3.8) is 0 Å². The van der Waals surface area contributed by atoms with Crippen LogP contribution in [0.4, 0.5) is 23.7 Å². The Labute approximate surface area is 151 Å². The van der Waals surface area contributed by atoms with E-state index in [0.717, 1.165) is 17.7 Å². The number of benzene rings is 2. The van der Waals surface area contributed by atoms with Crippen LogP contribution in [0.15, 0.2) is 42.5 Å². The molecule has 0 spiro atoms. The average Bonchev–Trinajstić information content (AvgIpc) is 2.55. The second-order valence-corrected chi connectivity index (χ2v) is 6.08. The smallest absolute Gasteiger partial charge is 0.416 e. The summed E-state index contributed by atoms with van der Waals surface area (Å²) in [6.07, 6.45) is -5.34. The van der Waals surface area contributed by atoms with Gasteiger partial charge in [0.2, 0.25) is 0 Å². The Hall–Kier alpha value is -2.81. The maximum atomic E-state index is 12.8. The molecule has 0 radical (unpaired) electrons. The number of carbonyl (C=O) groups is 1. The molecule has 0 aliphatic carbocycles. The van der Waals surface area contributed by atoms with Crippen molar-refractivity contribution < 1.29 is 27.8 Å². The lowest BCUT2D eigenvalue weighted by Crippen LogP contribution is -2.46. The third-order valence-corrected chi connectivity index (χ3v) is 4.16. The summed E-state index contributed by atoms with van der Waals surface area (Å²) in [5.41, 5.74) is 0.641. The molecule has 2 aromatic carbocycles. The first-order chi connectivity index (χ1) is 12.2. The zero-order valence-corrected chi connectivity index (χ0v) is 13.9. The monoisotopic (exact) mass is 382 g/mol. The van der Waals surface area contributed by atoms with Crippen LogP contribution in [0.5, 0.6) is 11.5 Å². The number of hydrogen-bond donors (Lipinski definition) is 3. The van der Waals surface area contributed by atoms with Gasteiger partial charge in [-0.25, -0.2) is 4.79 Å². The van der Waals surface area contributed by atoms with E-state index in [2.05, 4.69) is 10.6 Å². The maximum absolute atomic E-state index is 12.8. The molecule has 0 unspecified atom stereocenters. The Morgan fingerprint density at radius 2 is 1.96 bits per heavy atom. The molecular weight excluding hydrogens is 369 g/mol. The fourth-order valence-electron chi connectivity index (χ4n) is 2.59. The van der Waals surface area contributed by atoms with Crippen molar-refractivity contribution >= 4 is 29.0 Å². The molecule has 1 heterocycles. The number of thiocarbonyl (C=S) groups is 1. The zero-order chi connectivity index (χ0) is 18.9. The van der Waals surface area contributed by atoms with Crippen LogP contribution in [0.3, 0.4) is 0 Å². The molecule has 1 atom stereocenters. The van der Waals surface area contributed by atoms with Crippen LogP contribution in [0.2, 0.25) is 0 Å². The predicted molar refractivity (Wildman–Crippen MR) is 92.8 cm³/mol. The summed E-state index contributed by atoms with van der Waals surface area (Å²) in [5.74, 6) is 0.394. The highest BCUT2D eigenvalue weighted by Gasteiger charge is 2.30. The van der Waals surface area contributed by atoms with Gasteiger partial charge in [0.15, 0.2) is 0 Å². The first kappa shape index (κ1) is 18.0. The minimum atomic E-state index is -4.45. The summed E-state index contributed by atoms with van der Waals surface area (Å²) >= 11 is 5.13. The van der Waals surface area contributed by atoms with Crippen molar-refractivity contribution in [2.24, 2.45) is 0 Å². The van der Waals surface area contributed by atoms with Gasteiger partial charge in [-0.1, -0.05) is 18.3 Å². The first-order valence-electron chi connectivity index (χ1n) is 7.51. The molecule has 1 aliphatic heterocycles. The Morgan fingerprint density at radius 3 is 2.65 bits per heavy atom. The SMILES string of the molecule is O=C(O)N[C@H]1Cc2cc(Oc3cccc(C(F)(F)F)c3)ccc2NC1=S. The summed E-state index contributed by atoms with van der Waals surface area (Å²) in [6, 6.07) is 8.91.